The van der Waals surface area contributed by atoms with E-state index in [1.807, 2.05) is 31.2 Å². The summed E-state index contributed by atoms with van der Waals surface area (Å²) in [4.78, 5) is 15.4. The van der Waals surface area contributed by atoms with Gasteiger partial charge in [-0.05, 0) is 76.3 Å². The van der Waals surface area contributed by atoms with Crippen molar-refractivity contribution in [1.82, 2.24) is 4.90 Å². The molecule has 2 rings (SSSR count). The molecule has 0 bridgehead atoms. The van der Waals surface area contributed by atoms with E-state index in [0.717, 1.165) is 24.4 Å². The number of hydrogen-bond acceptors (Lipinski definition) is 4. The third-order valence-corrected chi connectivity index (χ3v) is 5.60. The zero-order valence-electron chi connectivity index (χ0n) is 19.0. The fraction of sp³-hybridized carbons (Fsp3) is 0.708. The summed E-state index contributed by atoms with van der Waals surface area (Å²) in [6.45, 7) is 13.9. The highest BCUT2D eigenvalue weighted by Gasteiger charge is 2.34. The summed E-state index contributed by atoms with van der Waals surface area (Å²) in [7, 11) is 0. The Morgan fingerprint density at radius 1 is 1.24 bits per heavy atom. The van der Waals surface area contributed by atoms with Crippen LogP contribution < -0.4 is 10.1 Å². The lowest BCUT2D eigenvalue weighted by molar-refractivity contribution is -0.141. The summed E-state index contributed by atoms with van der Waals surface area (Å²) in [5.74, 6) is 1.12. The van der Waals surface area contributed by atoms with Gasteiger partial charge in [0.25, 0.3) is 5.91 Å². The first-order valence-electron chi connectivity index (χ1n) is 11.3. The van der Waals surface area contributed by atoms with Gasteiger partial charge in [0.1, 0.15) is 18.0 Å². The predicted octanol–water partition coefficient (Wildman–Crippen LogP) is 5.11. The minimum Gasteiger partial charge on any atom is -0.492 e. The van der Waals surface area contributed by atoms with E-state index in [4.69, 9.17) is 9.47 Å². The molecular weight excluding hydrogens is 364 g/mol. The molecule has 1 aliphatic heterocycles. The number of ether oxygens (including phenoxy) is 2. The first kappa shape index (κ1) is 23.7. The van der Waals surface area contributed by atoms with Gasteiger partial charge in [0.05, 0.1) is 0 Å². The number of piperidine rings is 1. The van der Waals surface area contributed by atoms with Gasteiger partial charge >= 0.3 is 0 Å². The molecule has 5 nitrogen and oxygen atoms in total. The first-order chi connectivity index (χ1) is 13.8. The van der Waals surface area contributed by atoms with E-state index in [2.05, 4.69) is 37.9 Å². The number of likely N-dealkylation sites (tertiary alicyclic amines) is 1. The van der Waals surface area contributed by atoms with E-state index < -0.39 is 5.60 Å². The summed E-state index contributed by atoms with van der Waals surface area (Å²) in [5.41, 5.74) is -0.0492. The molecule has 164 valence electrons. The lowest BCUT2D eigenvalue weighted by Crippen LogP contribution is -2.44. The molecule has 29 heavy (non-hydrogen) atoms. The molecule has 2 atom stereocenters. The molecule has 1 N–H and O–H groups in total. The topological polar surface area (TPSA) is 50.8 Å². The van der Waals surface area contributed by atoms with Crippen LogP contribution in [0.25, 0.3) is 0 Å². The van der Waals surface area contributed by atoms with E-state index in [-0.39, 0.29) is 5.91 Å². The van der Waals surface area contributed by atoms with Crippen LogP contribution in [0.15, 0.2) is 24.3 Å². The molecule has 1 aliphatic rings. The zero-order chi connectivity index (χ0) is 21.3. The van der Waals surface area contributed by atoms with Crippen molar-refractivity contribution in [3.05, 3.63) is 24.3 Å². The van der Waals surface area contributed by atoms with Crippen LogP contribution in [0.4, 0.5) is 5.69 Å². The van der Waals surface area contributed by atoms with Gasteiger partial charge < -0.3 is 14.8 Å². The highest BCUT2D eigenvalue weighted by Crippen LogP contribution is 2.25. The number of hydrogen-bond donors (Lipinski definition) is 1. The molecule has 1 aromatic carbocycles. The van der Waals surface area contributed by atoms with E-state index in [1.165, 1.54) is 25.8 Å². The van der Waals surface area contributed by atoms with Gasteiger partial charge in [-0.25, -0.2) is 0 Å². The van der Waals surface area contributed by atoms with Gasteiger partial charge in [0.2, 0.25) is 0 Å². The molecule has 0 spiro atoms. The summed E-state index contributed by atoms with van der Waals surface area (Å²) in [6, 6.07) is 8.28. The number of carbonyl (C=O) groups excluding carboxylic acids is 1. The second kappa shape index (κ2) is 11.6. The third-order valence-electron chi connectivity index (χ3n) is 5.60. The molecule has 0 radical (unpaired) electrons. The highest BCUT2D eigenvalue weighted by molar-refractivity contribution is 5.97. The molecule has 1 saturated heterocycles. The summed E-state index contributed by atoms with van der Waals surface area (Å²) in [5, 5.41) is 3.01. The summed E-state index contributed by atoms with van der Waals surface area (Å²) < 4.78 is 11.8. The molecule has 0 saturated carbocycles. The van der Waals surface area contributed by atoms with Crippen LogP contribution in [0.5, 0.6) is 5.75 Å². The lowest BCUT2D eigenvalue weighted by Gasteiger charge is -2.33. The lowest BCUT2D eigenvalue weighted by atomic mass is 9.93. The Labute approximate surface area is 177 Å². The second-order valence-electron chi connectivity index (χ2n) is 8.89. The number of nitrogens with one attached hydrogen (secondary N) is 1. The molecule has 0 aromatic heterocycles. The van der Waals surface area contributed by atoms with Crippen LogP contribution in [0.1, 0.15) is 66.7 Å². The van der Waals surface area contributed by atoms with Gasteiger partial charge in [-0.15, -0.1) is 0 Å². The Bertz CT molecular complexity index is 617. The Balaban J connectivity index is 1.85. The van der Waals surface area contributed by atoms with Crippen LogP contribution in [0, 0.1) is 5.92 Å². The number of amides is 1. The summed E-state index contributed by atoms with van der Waals surface area (Å²) in [6.07, 6.45) is 5.49. The molecule has 1 amide bonds. The van der Waals surface area contributed by atoms with Gasteiger partial charge in [0.15, 0.2) is 0 Å². The number of nitrogens with zero attached hydrogens (tertiary/aromatic N) is 1. The van der Waals surface area contributed by atoms with Gasteiger partial charge in [-0.3, -0.25) is 9.69 Å². The number of anilines is 1. The van der Waals surface area contributed by atoms with E-state index in [1.54, 1.807) is 0 Å². The average molecular weight is 405 g/mol. The normalized spacial score (nSPS) is 19.7. The van der Waals surface area contributed by atoms with Gasteiger partial charge in [-0.2, -0.15) is 0 Å². The van der Waals surface area contributed by atoms with Gasteiger partial charge in [0, 0.05) is 24.9 Å². The SMILES string of the molecule is CCCO[C@](C)(CC(C)C)C(=O)Nc1ccc(OCCN2CCCC[C@H]2C)cc1. The fourth-order valence-corrected chi connectivity index (χ4v) is 3.99. The zero-order valence-corrected chi connectivity index (χ0v) is 19.0. The Morgan fingerprint density at radius 3 is 2.59 bits per heavy atom. The largest absolute Gasteiger partial charge is 0.492 e. The first-order valence-corrected chi connectivity index (χ1v) is 11.3. The van der Waals surface area contributed by atoms with E-state index >= 15 is 0 Å². The van der Waals surface area contributed by atoms with Crippen molar-refractivity contribution in [3.63, 3.8) is 0 Å². The van der Waals surface area contributed by atoms with Crippen LogP contribution in [-0.2, 0) is 9.53 Å². The van der Waals surface area contributed by atoms with Crippen LogP contribution in [-0.4, -0.2) is 48.8 Å². The molecule has 5 heteroatoms. The second-order valence-corrected chi connectivity index (χ2v) is 8.89. The number of carbonyl (C=O) groups is 1. The van der Waals surface area contributed by atoms with Crippen molar-refractivity contribution in [2.75, 3.05) is 31.6 Å². The monoisotopic (exact) mass is 404 g/mol. The molecule has 1 aromatic rings. The maximum absolute atomic E-state index is 12.9. The van der Waals surface area contributed by atoms with Crippen LogP contribution >= 0.6 is 0 Å². The van der Waals surface area contributed by atoms with Crippen LogP contribution in [0.2, 0.25) is 0 Å². The summed E-state index contributed by atoms with van der Waals surface area (Å²) >= 11 is 0. The van der Waals surface area contributed by atoms with Crippen molar-refractivity contribution in [3.8, 4) is 5.75 Å². The quantitative estimate of drug-likeness (QED) is 0.557. The molecule has 0 unspecified atom stereocenters. The van der Waals surface area contributed by atoms with Crippen molar-refractivity contribution in [2.24, 2.45) is 5.92 Å². The van der Waals surface area contributed by atoms with E-state index in [0.29, 0.717) is 31.6 Å². The van der Waals surface area contributed by atoms with Crippen molar-refractivity contribution >= 4 is 11.6 Å². The standard InChI is InChI=1S/C24H40N2O3/c1-6-16-29-24(5,18-19(2)3)23(27)25-21-10-12-22(13-11-21)28-17-15-26-14-8-7-9-20(26)4/h10-13,19-20H,6-9,14-18H2,1-5H3,(H,25,27)/t20-,24-/m1/s1. The third kappa shape index (κ3) is 7.63. The molecular formula is C24H40N2O3. The molecule has 1 heterocycles. The van der Waals surface area contributed by atoms with Gasteiger partial charge in [-0.1, -0.05) is 27.2 Å². The van der Waals surface area contributed by atoms with Crippen molar-refractivity contribution in [2.45, 2.75) is 78.4 Å². The maximum atomic E-state index is 12.9. The van der Waals surface area contributed by atoms with Crippen LogP contribution in [0.3, 0.4) is 0 Å². The highest BCUT2D eigenvalue weighted by atomic mass is 16.5. The Morgan fingerprint density at radius 2 is 1.97 bits per heavy atom. The molecule has 0 aliphatic carbocycles. The maximum Gasteiger partial charge on any atom is 0.256 e. The van der Waals surface area contributed by atoms with E-state index in [9.17, 15) is 4.79 Å². The minimum atomic E-state index is -0.815. The molecule has 1 fully saturated rings. The van der Waals surface area contributed by atoms with Crippen molar-refractivity contribution in [1.29, 1.82) is 0 Å². The number of benzene rings is 1. The fourth-order valence-electron chi connectivity index (χ4n) is 3.99. The number of rotatable bonds is 11. The minimum absolute atomic E-state index is 0.0904. The smallest absolute Gasteiger partial charge is 0.256 e. The Kier molecular flexibility index (Phi) is 9.44. The predicted molar refractivity (Wildman–Crippen MR) is 120 cm³/mol. The average Bonchev–Trinajstić information content (AvgIpc) is 2.68. The Hall–Kier alpha value is -1.59. The van der Waals surface area contributed by atoms with Crippen molar-refractivity contribution < 1.29 is 14.3 Å².